The number of benzene rings is 3. The van der Waals surface area contributed by atoms with Gasteiger partial charge in [-0.1, -0.05) is 66.2 Å². The van der Waals surface area contributed by atoms with E-state index in [1.807, 2.05) is 12.1 Å². The molecule has 0 radical (unpaired) electrons. The van der Waals surface area contributed by atoms with Crippen molar-refractivity contribution in [2.75, 3.05) is 4.90 Å². The number of rotatable bonds is 1. The SMILES string of the molecule is Clc1ccc(C2=Cc3ccccc3C3OCc4ccccc4N23)cc1. The summed E-state index contributed by atoms with van der Waals surface area (Å²) >= 11 is 6.09. The van der Waals surface area contributed by atoms with Crippen molar-refractivity contribution >= 4 is 29.1 Å². The molecule has 2 aliphatic heterocycles. The minimum absolute atomic E-state index is 0.109. The van der Waals surface area contributed by atoms with Gasteiger partial charge in [-0.3, -0.25) is 0 Å². The monoisotopic (exact) mass is 345 g/mol. The molecule has 3 aromatic rings. The van der Waals surface area contributed by atoms with Crippen LogP contribution in [0.3, 0.4) is 0 Å². The highest BCUT2D eigenvalue weighted by Gasteiger charge is 2.35. The minimum Gasteiger partial charge on any atom is -0.349 e. The van der Waals surface area contributed by atoms with Gasteiger partial charge in [0.25, 0.3) is 0 Å². The van der Waals surface area contributed by atoms with Crippen LogP contribution in [0.25, 0.3) is 11.8 Å². The summed E-state index contributed by atoms with van der Waals surface area (Å²) in [7, 11) is 0. The fourth-order valence-electron chi connectivity index (χ4n) is 3.65. The fourth-order valence-corrected chi connectivity index (χ4v) is 3.78. The standard InChI is InChI=1S/C22H16ClNO/c23-18-11-9-15(10-12-18)21-13-16-5-1-3-7-19(16)22-24(21)20-8-4-2-6-17(20)14-25-22/h1-13,22H,14H2. The quantitative estimate of drug-likeness (QED) is 0.545. The van der Waals surface area contributed by atoms with E-state index in [-0.39, 0.29) is 6.23 Å². The molecule has 0 aromatic heterocycles. The van der Waals surface area contributed by atoms with Crippen LogP contribution in [0.1, 0.15) is 28.5 Å². The zero-order valence-electron chi connectivity index (χ0n) is 13.5. The van der Waals surface area contributed by atoms with Gasteiger partial charge in [-0.2, -0.15) is 0 Å². The molecule has 122 valence electrons. The van der Waals surface area contributed by atoms with Gasteiger partial charge in [0.05, 0.1) is 12.3 Å². The zero-order valence-corrected chi connectivity index (χ0v) is 14.3. The summed E-state index contributed by atoms with van der Waals surface area (Å²) in [6, 6.07) is 24.9. The van der Waals surface area contributed by atoms with E-state index >= 15 is 0 Å². The third-order valence-corrected chi connectivity index (χ3v) is 5.09. The third kappa shape index (κ3) is 2.38. The van der Waals surface area contributed by atoms with Gasteiger partial charge in [0, 0.05) is 21.8 Å². The van der Waals surface area contributed by atoms with Gasteiger partial charge >= 0.3 is 0 Å². The Morgan fingerprint density at radius 2 is 1.64 bits per heavy atom. The number of nitrogens with zero attached hydrogens (tertiary/aromatic N) is 1. The van der Waals surface area contributed by atoms with Gasteiger partial charge in [-0.15, -0.1) is 0 Å². The average molecular weight is 346 g/mol. The molecule has 1 atom stereocenters. The van der Waals surface area contributed by atoms with Crippen LogP contribution in [0.4, 0.5) is 5.69 Å². The Morgan fingerprint density at radius 3 is 2.52 bits per heavy atom. The summed E-state index contributed by atoms with van der Waals surface area (Å²) < 4.78 is 6.27. The zero-order chi connectivity index (χ0) is 16.8. The van der Waals surface area contributed by atoms with Crippen molar-refractivity contribution in [3.8, 4) is 0 Å². The maximum atomic E-state index is 6.27. The normalized spacial score (nSPS) is 18.0. The molecule has 0 N–H and O–H groups in total. The first kappa shape index (κ1) is 14.8. The highest BCUT2D eigenvalue weighted by molar-refractivity contribution is 6.30. The first-order valence-corrected chi connectivity index (χ1v) is 8.74. The Kier molecular flexibility index (Phi) is 3.40. The number of ether oxygens (including phenoxy) is 1. The molecular weight excluding hydrogens is 330 g/mol. The molecule has 0 saturated carbocycles. The lowest BCUT2D eigenvalue weighted by molar-refractivity contribution is 0.0344. The summed E-state index contributed by atoms with van der Waals surface area (Å²) in [5.41, 5.74) is 7.08. The molecule has 3 heteroatoms. The number of anilines is 1. The Balaban J connectivity index is 1.75. The molecule has 5 rings (SSSR count). The minimum atomic E-state index is -0.109. The van der Waals surface area contributed by atoms with Crippen LogP contribution in [-0.2, 0) is 11.3 Å². The average Bonchev–Trinajstić information content (AvgIpc) is 2.67. The molecule has 25 heavy (non-hydrogen) atoms. The van der Waals surface area contributed by atoms with Gasteiger partial charge in [0.1, 0.15) is 0 Å². The van der Waals surface area contributed by atoms with Gasteiger partial charge in [0.15, 0.2) is 6.23 Å². The first-order valence-electron chi connectivity index (χ1n) is 8.36. The second-order valence-corrected chi connectivity index (χ2v) is 6.76. The number of fused-ring (bicyclic) bond motifs is 5. The van der Waals surface area contributed by atoms with Crippen LogP contribution in [0.15, 0.2) is 72.8 Å². The summed E-state index contributed by atoms with van der Waals surface area (Å²) in [5.74, 6) is 0. The van der Waals surface area contributed by atoms with Crippen molar-refractivity contribution in [2.24, 2.45) is 0 Å². The Labute approximate surface area is 151 Å². The number of para-hydroxylation sites is 1. The Hall–Kier alpha value is -2.55. The summed E-state index contributed by atoms with van der Waals surface area (Å²) in [6.07, 6.45) is 2.13. The lowest BCUT2D eigenvalue weighted by Gasteiger charge is -2.43. The molecule has 2 nitrogen and oxygen atoms in total. The molecule has 0 saturated heterocycles. The van der Waals surface area contributed by atoms with Gasteiger partial charge in [-0.25, -0.2) is 0 Å². The second kappa shape index (κ2) is 5.76. The summed E-state index contributed by atoms with van der Waals surface area (Å²) in [6.45, 7) is 0.625. The van der Waals surface area contributed by atoms with Crippen LogP contribution in [0.2, 0.25) is 5.02 Å². The molecular formula is C22H16ClNO. The predicted molar refractivity (Wildman–Crippen MR) is 102 cm³/mol. The Morgan fingerprint density at radius 1 is 0.880 bits per heavy atom. The predicted octanol–water partition coefficient (Wildman–Crippen LogP) is 5.89. The van der Waals surface area contributed by atoms with Crippen molar-refractivity contribution in [2.45, 2.75) is 12.8 Å². The fraction of sp³-hybridized carbons (Fsp3) is 0.0909. The maximum absolute atomic E-state index is 6.27. The van der Waals surface area contributed by atoms with Crippen molar-refractivity contribution in [3.05, 3.63) is 100 Å². The lowest BCUT2D eigenvalue weighted by Crippen LogP contribution is -2.35. The van der Waals surface area contributed by atoms with Crippen molar-refractivity contribution < 1.29 is 4.74 Å². The van der Waals surface area contributed by atoms with Gasteiger partial charge < -0.3 is 9.64 Å². The van der Waals surface area contributed by atoms with Crippen molar-refractivity contribution in [1.82, 2.24) is 0 Å². The Bertz CT molecular complexity index is 977. The summed E-state index contributed by atoms with van der Waals surface area (Å²) in [4.78, 5) is 2.30. The summed E-state index contributed by atoms with van der Waals surface area (Å²) in [5, 5.41) is 0.743. The smallest absolute Gasteiger partial charge is 0.161 e. The molecule has 0 fully saturated rings. The topological polar surface area (TPSA) is 12.5 Å². The molecule has 2 aliphatic rings. The highest BCUT2D eigenvalue weighted by atomic mass is 35.5. The van der Waals surface area contributed by atoms with Crippen molar-refractivity contribution in [3.63, 3.8) is 0 Å². The van der Waals surface area contributed by atoms with Crippen LogP contribution in [0, 0.1) is 0 Å². The van der Waals surface area contributed by atoms with E-state index < -0.39 is 0 Å². The van der Waals surface area contributed by atoms with Crippen molar-refractivity contribution in [1.29, 1.82) is 0 Å². The lowest BCUT2D eigenvalue weighted by atomic mass is 9.94. The van der Waals surface area contributed by atoms with E-state index in [1.165, 1.54) is 22.4 Å². The number of hydrogen-bond acceptors (Lipinski definition) is 2. The van der Waals surface area contributed by atoms with Gasteiger partial charge in [-0.05, 0) is 35.4 Å². The molecule has 1 unspecified atom stereocenters. The van der Waals surface area contributed by atoms with Crippen LogP contribution >= 0.6 is 11.6 Å². The molecule has 0 spiro atoms. The third-order valence-electron chi connectivity index (χ3n) is 4.84. The number of hydrogen-bond donors (Lipinski definition) is 0. The first-order chi connectivity index (χ1) is 12.3. The van der Waals surface area contributed by atoms with E-state index in [0.29, 0.717) is 6.61 Å². The van der Waals surface area contributed by atoms with E-state index in [0.717, 1.165) is 16.3 Å². The van der Waals surface area contributed by atoms with Crippen LogP contribution in [0.5, 0.6) is 0 Å². The van der Waals surface area contributed by atoms with Crippen LogP contribution < -0.4 is 4.90 Å². The molecule has 0 bridgehead atoms. The van der Waals surface area contributed by atoms with E-state index in [4.69, 9.17) is 16.3 Å². The van der Waals surface area contributed by atoms with E-state index in [2.05, 4.69) is 71.6 Å². The highest BCUT2D eigenvalue weighted by Crippen LogP contribution is 2.46. The van der Waals surface area contributed by atoms with E-state index in [1.54, 1.807) is 0 Å². The molecule has 2 heterocycles. The molecule has 0 aliphatic carbocycles. The maximum Gasteiger partial charge on any atom is 0.161 e. The van der Waals surface area contributed by atoms with Crippen LogP contribution in [-0.4, -0.2) is 0 Å². The number of halogens is 1. The molecule has 3 aromatic carbocycles. The van der Waals surface area contributed by atoms with E-state index in [9.17, 15) is 0 Å². The van der Waals surface area contributed by atoms with Gasteiger partial charge in [0.2, 0.25) is 0 Å². The molecule has 0 amide bonds. The largest absolute Gasteiger partial charge is 0.349 e. The second-order valence-electron chi connectivity index (χ2n) is 6.33.